The van der Waals surface area contributed by atoms with Crippen molar-refractivity contribution in [1.29, 1.82) is 0 Å². The fraction of sp³-hybridized carbons (Fsp3) is 0.636. The standard InChI is InChI=1S/C22H34N2O4/c1-21(2,3)27-19(25)23(16-17-10-8-7-9-11-17)14-15-24(18-12-13-18)20(26)28-22(4,5)6/h7-11,18H,12-16H2,1-6H3. The van der Waals surface area contributed by atoms with Crippen LogP contribution in [0.2, 0.25) is 0 Å². The van der Waals surface area contributed by atoms with Crippen LogP contribution in [0.3, 0.4) is 0 Å². The largest absolute Gasteiger partial charge is 0.444 e. The molecule has 0 saturated heterocycles. The Kier molecular flexibility index (Phi) is 6.96. The summed E-state index contributed by atoms with van der Waals surface area (Å²) < 4.78 is 11.1. The molecule has 156 valence electrons. The SMILES string of the molecule is CC(C)(C)OC(=O)N(CCN(C(=O)OC(C)(C)C)C1CC1)Cc1ccccc1. The summed E-state index contributed by atoms with van der Waals surface area (Å²) in [6, 6.07) is 9.98. The Balaban J connectivity index is 2.07. The second-order valence-electron chi connectivity index (χ2n) is 9.29. The molecule has 1 aliphatic carbocycles. The van der Waals surface area contributed by atoms with Gasteiger partial charge in [-0.1, -0.05) is 30.3 Å². The first-order valence-electron chi connectivity index (χ1n) is 9.96. The molecule has 6 heteroatoms. The van der Waals surface area contributed by atoms with Crippen LogP contribution in [0.1, 0.15) is 59.9 Å². The lowest BCUT2D eigenvalue weighted by atomic mass is 10.2. The Morgan fingerprint density at radius 1 is 0.893 bits per heavy atom. The summed E-state index contributed by atoms with van der Waals surface area (Å²) in [6.07, 6.45) is 1.25. The summed E-state index contributed by atoms with van der Waals surface area (Å²) >= 11 is 0. The van der Waals surface area contributed by atoms with Crippen molar-refractivity contribution < 1.29 is 19.1 Å². The summed E-state index contributed by atoms with van der Waals surface area (Å²) in [7, 11) is 0. The van der Waals surface area contributed by atoms with Gasteiger partial charge in [0.2, 0.25) is 0 Å². The number of ether oxygens (including phenoxy) is 2. The molecular formula is C22H34N2O4. The third-order valence-electron chi connectivity index (χ3n) is 4.09. The van der Waals surface area contributed by atoms with Crippen LogP contribution in [-0.2, 0) is 16.0 Å². The number of benzene rings is 1. The smallest absolute Gasteiger partial charge is 0.410 e. The fourth-order valence-electron chi connectivity index (χ4n) is 2.72. The molecule has 0 aliphatic heterocycles. The third kappa shape index (κ3) is 7.79. The number of nitrogens with zero attached hydrogens (tertiary/aromatic N) is 2. The van der Waals surface area contributed by atoms with E-state index in [9.17, 15) is 9.59 Å². The molecule has 2 amide bonds. The zero-order valence-electron chi connectivity index (χ0n) is 18.0. The fourth-order valence-corrected chi connectivity index (χ4v) is 2.72. The van der Waals surface area contributed by atoms with E-state index in [-0.39, 0.29) is 18.2 Å². The summed E-state index contributed by atoms with van der Waals surface area (Å²) in [5, 5.41) is 0. The lowest BCUT2D eigenvalue weighted by Crippen LogP contribution is -2.45. The molecule has 0 heterocycles. The maximum atomic E-state index is 12.7. The third-order valence-corrected chi connectivity index (χ3v) is 4.09. The van der Waals surface area contributed by atoms with Crippen LogP contribution in [-0.4, -0.2) is 52.3 Å². The van der Waals surface area contributed by atoms with Crippen molar-refractivity contribution in [3.05, 3.63) is 35.9 Å². The quantitative estimate of drug-likeness (QED) is 0.698. The Labute approximate surface area is 168 Å². The average Bonchev–Trinajstić information content (AvgIpc) is 3.36. The van der Waals surface area contributed by atoms with E-state index in [0.717, 1.165) is 18.4 Å². The van der Waals surface area contributed by atoms with Gasteiger partial charge < -0.3 is 19.3 Å². The number of carbonyl (C=O) groups excluding carboxylic acids is 2. The van der Waals surface area contributed by atoms with E-state index in [1.165, 1.54) is 0 Å². The van der Waals surface area contributed by atoms with E-state index in [0.29, 0.717) is 19.6 Å². The predicted octanol–water partition coefficient (Wildman–Crippen LogP) is 4.82. The van der Waals surface area contributed by atoms with Gasteiger partial charge in [-0.2, -0.15) is 0 Å². The molecule has 1 aromatic carbocycles. The molecule has 28 heavy (non-hydrogen) atoms. The van der Waals surface area contributed by atoms with Gasteiger partial charge in [-0.3, -0.25) is 0 Å². The lowest BCUT2D eigenvalue weighted by Gasteiger charge is -2.31. The highest BCUT2D eigenvalue weighted by molar-refractivity contribution is 5.70. The van der Waals surface area contributed by atoms with E-state index < -0.39 is 11.2 Å². The van der Waals surface area contributed by atoms with Crippen molar-refractivity contribution >= 4 is 12.2 Å². The van der Waals surface area contributed by atoms with E-state index in [2.05, 4.69) is 0 Å². The van der Waals surface area contributed by atoms with Gasteiger partial charge in [0.15, 0.2) is 0 Å². The van der Waals surface area contributed by atoms with Crippen LogP contribution in [0, 0.1) is 0 Å². The molecule has 0 spiro atoms. The molecule has 0 bridgehead atoms. The maximum Gasteiger partial charge on any atom is 0.410 e. The number of hydrogen-bond donors (Lipinski definition) is 0. The first kappa shape index (κ1) is 22.1. The Bertz CT molecular complexity index is 657. The van der Waals surface area contributed by atoms with Crippen LogP contribution in [0.15, 0.2) is 30.3 Å². The lowest BCUT2D eigenvalue weighted by molar-refractivity contribution is 0.0113. The number of rotatable bonds is 6. The van der Waals surface area contributed by atoms with E-state index in [4.69, 9.17) is 9.47 Å². The van der Waals surface area contributed by atoms with Crippen molar-refractivity contribution in [2.24, 2.45) is 0 Å². The number of carbonyl (C=O) groups is 2. The molecule has 1 saturated carbocycles. The minimum Gasteiger partial charge on any atom is -0.444 e. The van der Waals surface area contributed by atoms with Gasteiger partial charge in [0.1, 0.15) is 11.2 Å². The van der Waals surface area contributed by atoms with Crippen molar-refractivity contribution in [3.63, 3.8) is 0 Å². The summed E-state index contributed by atoms with van der Waals surface area (Å²) in [5.74, 6) is 0. The minimum atomic E-state index is -0.576. The zero-order chi connectivity index (χ0) is 20.9. The van der Waals surface area contributed by atoms with Crippen molar-refractivity contribution in [2.45, 2.75) is 78.2 Å². The highest BCUT2D eigenvalue weighted by Crippen LogP contribution is 2.28. The molecule has 6 nitrogen and oxygen atoms in total. The Morgan fingerprint density at radius 2 is 1.43 bits per heavy atom. The summed E-state index contributed by atoms with van der Waals surface area (Å²) in [6.45, 7) is 12.4. The predicted molar refractivity (Wildman–Crippen MR) is 109 cm³/mol. The van der Waals surface area contributed by atoms with Gasteiger partial charge in [0, 0.05) is 25.7 Å². The minimum absolute atomic E-state index is 0.201. The first-order chi connectivity index (χ1) is 12.9. The van der Waals surface area contributed by atoms with Crippen LogP contribution >= 0.6 is 0 Å². The van der Waals surface area contributed by atoms with Crippen LogP contribution in [0.5, 0.6) is 0 Å². The zero-order valence-corrected chi connectivity index (χ0v) is 18.0. The normalized spacial score (nSPS) is 14.4. The number of hydrogen-bond acceptors (Lipinski definition) is 4. The van der Waals surface area contributed by atoms with Gasteiger partial charge in [0.25, 0.3) is 0 Å². The monoisotopic (exact) mass is 390 g/mol. The summed E-state index contributed by atoms with van der Waals surface area (Å²) in [5.41, 5.74) is -0.101. The average molecular weight is 391 g/mol. The highest BCUT2D eigenvalue weighted by atomic mass is 16.6. The molecular weight excluding hydrogens is 356 g/mol. The first-order valence-corrected chi connectivity index (χ1v) is 9.96. The Hall–Kier alpha value is -2.24. The van der Waals surface area contributed by atoms with Crippen molar-refractivity contribution in [3.8, 4) is 0 Å². The van der Waals surface area contributed by atoms with Gasteiger partial charge in [-0.15, -0.1) is 0 Å². The second-order valence-corrected chi connectivity index (χ2v) is 9.29. The number of amides is 2. The molecule has 0 aromatic heterocycles. The molecule has 2 rings (SSSR count). The van der Waals surface area contributed by atoms with Crippen molar-refractivity contribution in [1.82, 2.24) is 9.80 Å². The molecule has 0 unspecified atom stereocenters. The van der Waals surface area contributed by atoms with Crippen LogP contribution in [0.4, 0.5) is 9.59 Å². The summed E-state index contributed by atoms with van der Waals surface area (Å²) in [4.78, 5) is 28.7. The highest BCUT2D eigenvalue weighted by Gasteiger charge is 2.35. The van der Waals surface area contributed by atoms with Gasteiger partial charge >= 0.3 is 12.2 Å². The molecule has 1 aliphatic rings. The van der Waals surface area contributed by atoms with Crippen LogP contribution in [0.25, 0.3) is 0 Å². The molecule has 1 aromatic rings. The molecule has 1 fully saturated rings. The van der Waals surface area contributed by atoms with E-state index in [1.54, 1.807) is 9.80 Å². The second kappa shape index (κ2) is 8.84. The molecule has 0 radical (unpaired) electrons. The van der Waals surface area contributed by atoms with Crippen molar-refractivity contribution in [2.75, 3.05) is 13.1 Å². The topological polar surface area (TPSA) is 59.1 Å². The van der Waals surface area contributed by atoms with Gasteiger partial charge in [-0.05, 0) is 59.9 Å². The molecule has 0 N–H and O–H groups in total. The van der Waals surface area contributed by atoms with Gasteiger partial charge in [0.05, 0.1) is 0 Å². The maximum absolute atomic E-state index is 12.7. The van der Waals surface area contributed by atoms with Gasteiger partial charge in [-0.25, -0.2) is 9.59 Å². The van der Waals surface area contributed by atoms with E-state index in [1.807, 2.05) is 71.9 Å². The Morgan fingerprint density at radius 3 is 1.93 bits per heavy atom. The van der Waals surface area contributed by atoms with Crippen LogP contribution < -0.4 is 0 Å². The molecule has 0 atom stereocenters. The van der Waals surface area contributed by atoms with E-state index >= 15 is 0 Å².